The van der Waals surface area contributed by atoms with Crippen LogP contribution in [-0.4, -0.2) is 32.1 Å². The molecule has 1 fully saturated rings. The number of benzene rings is 1. The summed E-state index contributed by atoms with van der Waals surface area (Å²) >= 11 is 0. The zero-order valence-electron chi connectivity index (χ0n) is 11.7. The maximum Gasteiger partial charge on any atom is 0.409 e. The van der Waals surface area contributed by atoms with Gasteiger partial charge in [-0.3, -0.25) is 5.32 Å². The van der Waals surface area contributed by atoms with Gasteiger partial charge in [0.05, 0.1) is 0 Å². The third-order valence-electron chi connectivity index (χ3n) is 3.28. The molecule has 0 saturated carbocycles. The van der Waals surface area contributed by atoms with Crippen molar-refractivity contribution in [2.75, 3.05) is 13.7 Å². The molecule has 0 aliphatic carbocycles. The molecule has 5 nitrogen and oxygen atoms in total. The number of hydrogen-bond acceptors (Lipinski definition) is 4. The number of carbonyl (C=O) groups excluding carboxylic acids is 1. The average Bonchev–Trinajstić information content (AvgIpc) is 2.52. The first-order valence-electron chi connectivity index (χ1n) is 6.91. The monoisotopic (exact) mass is 279 g/mol. The maximum absolute atomic E-state index is 11.8. The second kappa shape index (κ2) is 7.87. The molecule has 0 unspecified atom stereocenters. The molecule has 1 saturated heterocycles. The van der Waals surface area contributed by atoms with Crippen LogP contribution in [0.4, 0.5) is 4.79 Å². The van der Waals surface area contributed by atoms with Gasteiger partial charge in [-0.2, -0.15) is 0 Å². The summed E-state index contributed by atoms with van der Waals surface area (Å²) in [6.45, 7) is 0.958. The third kappa shape index (κ3) is 4.51. The lowest BCUT2D eigenvalue weighted by atomic mass is 10.1. The van der Waals surface area contributed by atoms with Crippen molar-refractivity contribution in [1.82, 2.24) is 5.32 Å². The summed E-state index contributed by atoms with van der Waals surface area (Å²) in [4.78, 5) is 11.8. The highest BCUT2D eigenvalue weighted by Crippen LogP contribution is 2.16. The highest BCUT2D eigenvalue weighted by molar-refractivity contribution is 5.67. The molecule has 1 aromatic rings. The Bertz CT molecular complexity index is 404. The number of ether oxygens (including phenoxy) is 3. The molecule has 1 aliphatic heterocycles. The van der Waals surface area contributed by atoms with Crippen LogP contribution in [0.1, 0.15) is 24.8 Å². The molecule has 0 bridgehead atoms. The second-order valence-electron chi connectivity index (χ2n) is 4.77. The number of alkyl carbamates (subject to hydrolysis) is 1. The van der Waals surface area contributed by atoms with Crippen molar-refractivity contribution in [1.29, 1.82) is 0 Å². The van der Waals surface area contributed by atoms with Gasteiger partial charge in [-0.1, -0.05) is 30.3 Å². The minimum atomic E-state index is -0.491. The van der Waals surface area contributed by atoms with Crippen LogP contribution in [0.2, 0.25) is 0 Å². The summed E-state index contributed by atoms with van der Waals surface area (Å²) in [7, 11) is 1.56. The molecule has 1 aromatic carbocycles. The molecule has 0 spiro atoms. The van der Waals surface area contributed by atoms with Crippen molar-refractivity contribution >= 4 is 6.09 Å². The Morgan fingerprint density at radius 2 is 2.20 bits per heavy atom. The summed E-state index contributed by atoms with van der Waals surface area (Å²) in [5.74, 6) is 0. The molecule has 0 radical (unpaired) electrons. The first-order chi connectivity index (χ1) is 9.79. The van der Waals surface area contributed by atoms with Gasteiger partial charge in [-0.15, -0.1) is 0 Å². The fourth-order valence-corrected chi connectivity index (χ4v) is 2.19. The Kier molecular flexibility index (Phi) is 5.83. The molecule has 1 N–H and O–H groups in total. The first-order valence-corrected chi connectivity index (χ1v) is 6.91. The van der Waals surface area contributed by atoms with Gasteiger partial charge >= 0.3 is 6.09 Å². The molecule has 20 heavy (non-hydrogen) atoms. The standard InChI is InChI=1S/C15H21NO4/c1-18-14(13-9-5-6-10-19-13)16-15(17)20-11-12-7-3-2-4-8-12/h2-4,7-8,13-14H,5-6,9-11H2,1H3,(H,16,17)/t13-,14-/m0/s1. The van der Waals surface area contributed by atoms with Gasteiger partial charge in [0, 0.05) is 13.7 Å². The van der Waals surface area contributed by atoms with Crippen LogP contribution >= 0.6 is 0 Å². The molecule has 1 heterocycles. The predicted octanol–water partition coefficient (Wildman–Crippen LogP) is 2.45. The predicted molar refractivity (Wildman–Crippen MR) is 74.2 cm³/mol. The van der Waals surface area contributed by atoms with E-state index in [0.29, 0.717) is 6.61 Å². The van der Waals surface area contributed by atoms with Crippen molar-refractivity contribution < 1.29 is 19.0 Å². The van der Waals surface area contributed by atoms with E-state index in [0.717, 1.165) is 24.8 Å². The van der Waals surface area contributed by atoms with Crippen LogP contribution in [0.3, 0.4) is 0 Å². The van der Waals surface area contributed by atoms with E-state index in [1.807, 2.05) is 30.3 Å². The smallest absolute Gasteiger partial charge is 0.409 e. The normalized spacial score (nSPS) is 20.1. The lowest BCUT2D eigenvalue weighted by molar-refractivity contribution is -0.0884. The Balaban J connectivity index is 1.77. The summed E-state index contributed by atoms with van der Waals surface area (Å²) in [6.07, 6.45) is 1.99. The largest absolute Gasteiger partial charge is 0.445 e. The zero-order valence-corrected chi connectivity index (χ0v) is 11.7. The number of hydrogen-bond donors (Lipinski definition) is 1. The number of rotatable bonds is 5. The summed E-state index contributed by atoms with van der Waals surface area (Å²) < 4.78 is 16.0. The summed E-state index contributed by atoms with van der Waals surface area (Å²) in [5, 5.41) is 2.70. The van der Waals surface area contributed by atoms with Gasteiger partial charge in [0.25, 0.3) is 0 Å². The minimum Gasteiger partial charge on any atom is -0.445 e. The molecule has 110 valence electrons. The molecule has 2 rings (SSSR count). The highest BCUT2D eigenvalue weighted by atomic mass is 16.6. The van der Waals surface area contributed by atoms with Crippen molar-refractivity contribution in [2.45, 2.75) is 38.2 Å². The van der Waals surface area contributed by atoms with Crippen LogP contribution < -0.4 is 5.32 Å². The van der Waals surface area contributed by atoms with E-state index < -0.39 is 12.3 Å². The Labute approximate surface area is 119 Å². The number of amides is 1. The molecule has 0 aromatic heterocycles. The summed E-state index contributed by atoms with van der Waals surface area (Å²) in [6, 6.07) is 9.55. The van der Waals surface area contributed by atoms with Crippen LogP contribution in [0.25, 0.3) is 0 Å². The average molecular weight is 279 g/mol. The lowest BCUT2D eigenvalue weighted by Gasteiger charge is -2.29. The number of nitrogens with one attached hydrogen (secondary N) is 1. The minimum absolute atomic E-state index is 0.0991. The van der Waals surface area contributed by atoms with E-state index in [9.17, 15) is 4.79 Å². The van der Waals surface area contributed by atoms with E-state index in [2.05, 4.69) is 5.32 Å². The summed E-state index contributed by atoms with van der Waals surface area (Å²) in [5.41, 5.74) is 0.950. The molecule has 1 amide bonds. The molecule has 2 atom stereocenters. The molecule has 5 heteroatoms. The van der Waals surface area contributed by atoms with Crippen molar-refractivity contribution in [2.24, 2.45) is 0 Å². The maximum atomic E-state index is 11.8. The Hall–Kier alpha value is -1.59. The lowest BCUT2D eigenvalue weighted by Crippen LogP contribution is -2.47. The van der Waals surface area contributed by atoms with Crippen molar-refractivity contribution in [3.05, 3.63) is 35.9 Å². The quantitative estimate of drug-likeness (QED) is 0.841. The topological polar surface area (TPSA) is 56.8 Å². The first kappa shape index (κ1) is 14.8. The molecular weight excluding hydrogens is 258 g/mol. The van der Waals surface area contributed by atoms with Gasteiger partial charge in [0.15, 0.2) is 6.23 Å². The fraction of sp³-hybridized carbons (Fsp3) is 0.533. The van der Waals surface area contributed by atoms with E-state index in [4.69, 9.17) is 14.2 Å². The second-order valence-corrected chi connectivity index (χ2v) is 4.77. The third-order valence-corrected chi connectivity index (χ3v) is 3.28. The van der Waals surface area contributed by atoms with Crippen LogP contribution in [0, 0.1) is 0 Å². The van der Waals surface area contributed by atoms with Gasteiger partial charge in [0.1, 0.15) is 12.7 Å². The van der Waals surface area contributed by atoms with Crippen molar-refractivity contribution in [3.63, 3.8) is 0 Å². The zero-order chi connectivity index (χ0) is 14.2. The van der Waals surface area contributed by atoms with Gasteiger partial charge in [-0.05, 0) is 24.8 Å². The van der Waals surface area contributed by atoms with Gasteiger partial charge < -0.3 is 14.2 Å². The Morgan fingerprint density at radius 3 is 2.85 bits per heavy atom. The Morgan fingerprint density at radius 1 is 1.40 bits per heavy atom. The van der Waals surface area contributed by atoms with Crippen LogP contribution in [0.5, 0.6) is 0 Å². The van der Waals surface area contributed by atoms with E-state index in [1.54, 1.807) is 7.11 Å². The highest BCUT2D eigenvalue weighted by Gasteiger charge is 2.26. The number of carbonyl (C=O) groups is 1. The van der Waals surface area contributed by atoms with Crippen LogP contribution in [-0.2, 0) is 20.8 Å². The fourth-order valence-electron chi connectivity index (χ4n) is 2.19. The SMILES string of the molecule is CO[C@H](NC(=O)OCc1ccccc1)[C@@H]1CCCCO1. The van der Waals surface area contributed by atoms with Crippen molar-refractivity contribution in [3.8, 4) is 0 Å². The van der Waals surface area contributed by atoms with Crippen LogP contribution in [0.15, 0.2) is 30.3 Å². The van der Waals surface area contributed by atoms with E-state index in [1.165, 1.54) is 0 Å². The van der Waals surface area contributed by atoms with Gasteiger partial charge in [-0.25, -0.2) is 4.79 Å². The van der Waals surface area contributed by atoms with E-state index >= 15 is 0 Å². The van der Waals surface area contributed by atoms with E-state index in [-0.39, 0.29) is 12.7 Å². The van der Waals surface area contributed by atoms with Gasteiger partial charge in [0.2, 0.25) is 0 Å². The molecule has 1 aliphatic rings. The molecular formula is C15H21NO4. The number of methoxy groups -OCH3 is 1.